The molecule has 256 valence electrons. The summed E-state index contributed by atoms with van der Waals surface area (Å²) < 4.78 is 39.7. The Morgan fingerprint density at radius 1 is 0.837 bits per heavy atom. The zero-order chi connectivity index (χ0) is 35.9. The Kier molecular flexibility index (Phi) is 9.25. The lowest BCUT2D eigenvalue weighted by atomic mass is 9.87. The highest BCUT2D eigenvalue weighted by molar-refractivity contribution is 6.07. The maximum absolute atomic E-state index is 13.8. The fourth-order valence-electron chi connectivity index (χ4n) is 6.80. The van der Waals surface area contributed by atoms with Crippen LogP contribution in [0.2, 0.25) is 0 Å². The molecule has 0 saturated carbocycles. The van der Waals surface area contributed by atoms with Crippen LogP contribution in [0.1, 0.15) is 84.1 Å². The molecule has 0 radical (unpaired) electrons. The van der Waals surface area contributed by atoms with Gasteiger partial charge < -0.3 is 15.7 Å². The number of amides is 1. The summed E-state index contributed by atoms with van der Waals surface area (Å²) in [7, 11) is 2.08. The number of likely N-dealkylation sites (N-methyl/N-ethyl adjacent to an activating group) is 1. The molecule has 49 heavy (non-hydrogen) atoms. The number of aromatic carboxylic acids is 1. The molecule has 5 rings (SSSR count). The number of anilines is 2. The molecule has 1 fully saturated rings. The van der Waals surface area contributed by atoms with Crippen LogP contribution >= 0.6 is 0 Å². The second kappa shape index (κ2) is 12.8. The van der Waals surface area contributed by atoms with Gasteiger partial charge in [-0.15, -0.1) is 0 Å². The van der Waals surface area contributed by atoms with Gasteiger partial charge in [0, 0.05) is 41.1 Å². The summed E-state index contributed by atoms with van der Waals surface area (Å²) in [4.78, 5) is 39.3. The van der Waals surface area contributed by atoms with Gasteiger partial charge in [-0.05, 0) is 86.8 Å². The summed E-state index contributed by atoms with van der Waals surface area (Å²) in [6, 6.07) is 23.7. The molecule has 0 spiro atoms. The Balaban J connectivity index is 1.38. The third kappa shape index (κ3) is 6.57. The van der Waals surface area contributed by atoms with E-state index in [9.17, 15) is 32.7 Å². The van der Waals surface area contributed by atoms with Crippen molar-refractivity contribution in [3.63, 3.8) is 0 Å². The molecule has 0 aliphatic carbocycles. The molecule has 4 atom stereocenters. The fraction of sp³-hybridized carbons (Fsp3) is 0.308. The number of halogens is 3. The van der Waals surface area contributed by atoms with Crippen LogP contribution in [0, 0.1) is 0 Å². The second-order valence-corrected chi connectivity index (χ2v) is 13.4. The molecule has 1 amide bonds. The molecule has 10 heteroatoms. The summed E-state index contributed by atoms with van der Waals surface area (Å²) in [6.45, 7) is 9.97. The first-order valence-corrected chi connectivity index (χ1v) is 16.2. The number of carboxylic acids is 1. The monoisotopic (exact) mass is 672 g/mol. The number of Topliss-reactive ketones (excluding diaryl/α,β-unsaturated/α-hetero) is 1. The highest BCUT2D eigenvalue weighted by Gasteiger charge is 2.71. The minimum Gasteiger partial charge on any atom is -0.478 e. The number of alkyl halides is 3. The number of nitrogens with zero attached hydrogens (tertiary/aromatic N) is 1. The van der Waals surface area contributed by atoms with Crippen molar-refractivity contribution in [3.05, 3.63) is 113 Å². The van der Waals surface area contributed by atoms with Gasteiger partial charge in [-0.1, -0.05) is 44.2 Å². The first-order chi connectivity index (χ1) is 23.0. The molecule has 1 heterocycles. The van der Waals surface area contributed by atoms with Crippen molar-refractivity contribution < 1.29 is 32.7 Å². The highest BCUT2D eigenvalue weighted by Crippen LogP contribution is 2.54. The van der Waals surface area contributed by atoms with Crippen LogP contribution in [0.5, 0.6) is 0 Å². The number of benzene rings is 4. The molecular formula is C39H41F3N3O4+. The summed E-state index contributed by atoms with van der Waals surface area (Å²) in [5, 5.41) is 15.8. The lowest BCUT2D eigenvalue weighted by Gasteiger charge is -2.30. The van der Waals surface area contributed by atoms with Crippen LogP contribution < -0.4 is 15.1 Å². The number of hydrogen-bond acceptors (Lipinski definition) is 4. The van der Waals surface area contributed by atoms with Crippen molar-refractivity contribution in [1.29, 1.82) is 0 Å². The topological polar surface area (TPSA) is 95.5 Å². The Labute approximate surface area is 284 Å². The molecule has 1 saturated heterocycles. The first kappa shape index (κ1) is 35.3. The normalized spacial score (nSPS) is 21.4. The van der Waals surface area contributed by atoms with E-state index in [0.717, 1.165) is 24.2 Å². The van der Waals surface area contributed by atoms with Crippen molar-refractivity contribution in [2.75, 3.05) is 17.7 Å². The van der Waals surface area contributed by atoms with Gasteiger partial charge in [0.1, 0.15) is 11.7 Å². The van der Waals surface area contributed by atoms with E-state index in [-0.39, 0.29) is 22.9 Å². The molecule has 7 nitrogen and oxygen atoms in total. The summed E-state index contributed by atoms with van der Waals surface area (Å²) in [5.41, 5.74) is 1.87. The zero-order valence-corrected chi connectivity index (χ0v) is 28.4. The van der Waals surface area contributed by atoms with Crippen LogP contribution in [0.3, 0.4) is 0 Å². The molecule has 1 aliphatic rings. The Bertz CT molecular complexity index is 1930. The molecule has 0 bridgehead atoms. The maximum Gasteiger partial charge on any atom is 0.416 e. The van der Waals surface area contributed by atoms with Gasteiger partial charge in [0.2, 0.25) is 0 Å². The van der Waals surface area contributed by atoms with Gasteiger partial charge in [-0.3, -0.25) is 14.1 Å². The Morgan fingerprint density at radius 3 is 1.96 bits per heavy atom. The van der Waals surface area contributed by atoms with Crippen molar-refractivity contribution in [2.24, 2.45) is 0 Å². The lowest BCUT2D eigenvalue weighted by molar-refractivity contribution is -0.137. The standard InChI is InChI=1S/C39H40F3N3O4/c1-7-37(4,44-31-17-15-30(16-18-31)39(40,41)42)34(46)27-13-9-11-25(19-27)26-12-10-14-28(20-26)35(47)43-32-21-29(36(48)49)22-33(23-32)45(6)24(3)38(45,5)8-2/h9-24,44H,7-8H2,1-6H3,(H-,43,47,48,49)/p+1. The van der Waals surface area contributed by atoms with E-state index in [1.54, 1.807) is 49.4 Å². The largest absolute Gasteiger partial charge is 0.478 e. The van der Waals surface area contributed by atoms with Gasteiger partial charge in [-0.25, -0.2) is 4.79 Å². The van der Waals surface area contributed by atoms with Gasteiger partial charge in [-0.2, -0.15) is 13.2 Å². The van der Waals surface area contributed by atoms with Gasteiger partial charge in [0.15, 0.2) is 11.3 Å². The first-order valence-electron chi connectivity index (χ1n) is 16.2. The number of quaternary nitrogens is 1. The van der Waals surface area contributed by atoms with E-state index >= 15 is 0 Å². The number of carbonyl (C=O) groups excluding carboxylic acids is 2. The van der Waals surface area contributed by atoms with E-state index in [1.165, 1.54) is 18.2 Å². The SMILES string of the molecule is CCC(C)(Nc1ccc(C(F)(F)F)cc1)C(=O)c1cccc(-c2cccc(C(=O)Nc3cc(C(=O)O)cc([N+]4(C)C(C)C4(C)CC)c3)c2)c1. The van der Waals surface area contributed by atoms with E-state index in [1.807, 2.05) is 25.1 Å². The summed E-state index contributed by atoms with van der Waals surface area (Å²) in [6.07, 6.45) is -3.18. The Morgan fingerprint density at radius 2 is 1.43 bits per heavy atom. The molecule has 4 aromatic rings. The van der Waals surface area contributed by atoms with Crippen molar-refractivity contribution in [3.8, 4) is 11.1 Å². The smallest absolute Gasteiger partial charge is 0.416 e. The van der Waals surface area contributed by atoms with Gasteiger partial charge in [0.05, 0.1) is 23.7 Å². The summed E-state index contributed by atoms with van der Waals surface area (Å²) in [5.74, 6) is -1.74. The number of nitrogens with one attached hydrogen (secondary N) is 2. The lowest BCUT2D eigenvalue weighted by Crippen LogP contribution is -2.42. The second-order valence-electron chi connectivity index (χ2n) is 13.4. The molecule has 1 aliphatic heterocycles. The van der Waals surface area contributed by atoms with Crippen LogP contribution in [0.25, 0.3) is 11.1 Å². The Hall–Kier alpha value is -4.96. The van der Waals surface area contributed by atoms with Crippen LogP contribution in [-0.4, -0.2) is 46.9 Å². The molecule has 0 aromatic heterocycles. The quantitative estimate of drug-likeness (QED) is 0.0839. The third-order valence-electron chi connectivity index (χ3n) is 10.8. The number of carboxylic acid groups (broad SMARTS) is 1. The van der Waals surface area contributed by atoms with E-state index in [0.29, 0.717) is 44.5 Å². The van der Waals surface area contributed by atoms with Crippen LogP contribution in [0.4, 0.5) is 30.2 Å². The number of ketones is 1. The van der Waals surface area contributed by atoms with Crippen LogP contribution in [0.15, 0.2) is 91.0 Å². The predicted octanol–water partition coefficient (Wildman–Crippen LogP) is 9.29. The number of rotatable bonds is 11. The fourth-order valence-corrected chi connectivity index (χ4v) is 6.80. The van der Waals surface area contributed by atoms with Crippen molar-refractivity contribution >= 4 is 34.7 Å². The van der Waals surface area contributed by atoms with Crippen molar-refractivity contribution in [2.45, 2.75) is 70.8 Å². The molecule has 4 unspecified atom stereocenters. The van der Waals surface area contributed by atoms with Crippen LogP contribution in [-0.2, 0) is 6.18 Å². The average Bonchev–Trinajstić information content (AvgIpc) is 3.54. The van der Waals surface area contributed by atoms with Gasteiger partial charge in [0.25, 0.3) is 5.91 Å². The third-order valence-corrected chi connectivity index (χ3v) is 10.8. The van der Waals surface area contributed by atoms with E-state index in [2.05, 4.69) is 38.5 Å². The summed E-state index contributed by atoms with van der Waals surface area (Å²) >= 11 is 0. The molecule has 3 N–H and O–H groups in total. The minimum atomic E-state index is -4.46. The highest BCUT2D eigenvalue weighted by atomic mass is 19.4. The minimum absolute atomic E-state index is 0.0461. The van der Waals surface area contributed by atoms with Gasteiger partial charge >= 0.3 is 12.1 Å². The molecule has 4 aromatic carbocycles. The van der Waals surface area contributed by atoms with E-state index in [4.69, 9.17) is 0 Å². The maximum atomic E-state index is 13.8. The molecular weight excluding hydrogens is 631 g/mol. The number of carbonyl (C=O) groups is 3. The number of hydrogen-bond donors (Lipinski definition) is 3. The average molecular weight is 673 g/mol. The zero-order valence-electron chi connectivity index (χ0n) is 28.4. The predicted molar refractivity (Wildman–Crippen MR) is 187 cm³/mol. The van der Waals surface area contributed by atoms with E-state index < -0.39 is 29.2 Å². The van der Waals surface area contributed by atoms with Crippen molar-refractivity contribution in [1.82, 2.24) is 4.48 Å².